The number of aromatic nitrogens is 1. The van der Waals surface area contributed by atoms with Gasteiger partial charge in [-0.2, -0.15) is 13.2 Å². The fourth-order valence-corrected chi connectivity index (χ4v) is 6.86. The van der Waals surface area contributed by atoms with Crippen LogP contribution in [-0.4, -0.2) is 83.7 Å². The number of hydrogen-bond acceptors (Lipinski definition) is 9. The Kier molecular flexibility index (Phi) is 15.0. The number of nitrogens with zero attached hydrogens (tertiary/aromatic N) is 1. The van der Waals surface area contributed by atoms with Crippen molar-refractivity contribution in [3.05, 3.63) is 123 Å². The zero-order chi connectivity index (χ0) is 43.6. The average Bonchev–Trinajstić information content (AvgIpc) is 3.19. The van der Waals surface area contributed by atoms with E-state index in [-0.39, 0.29) is 41.8 Å². The molecule has 2 heterocycles. The summed E-state index contributed by atoms with van der Waals surface area (Å²) in [6.07, 6.45) is -4.29. The number of pyridine rings is 1. The second-order valence-corrected chi connectivity index (χ2v) is 15.3. The lowest BCUT2D eigenvalue weighted by molar-refractivity contribution is -0.896. The summed E-state index contributed by atoms with van der Waals surface area (Å²) < 4.78 is 38.3. The van der Waals surface area contributed by atoms with E-state index < -0.39 is 24.3 Å². The minimum atomic E-state index is -5.19. The molecule has 0 saturated carbocycles. The molecule has 60 heavy (non-hydrogen) atoms. The molecule has 0 spiro atoms. The van der Waals surface area contributed by atoms with E-state index in [1.54, 1.807) is 24.3 Å². The van der Waals surface area contributed by atoms with Crippen molar-refractivity contribution in [2.24, 2.45) is 0 Å². The highest BCUT2D eigenvalue weighted by atomic mass is 35.5. The number of likely N-dealkylation sites (tertiary alicyclic amines) is 1. The predicted octanol–water partition coefficient (Wildman–Crippen LogP) is 6.03. The number of aliphatic carboxylic acids is 1. The van der Waals surface area contributed by atoms with Crippen LogP contribution < -0.4 is 26.6 Å². The smallest absolute Gasteiger partial charge is 0.430 e. The van der Waals surface area contributed by atoms with Gasteiger partial charge in [-0.25, -0.2) is 4.79 Å². The number of piperidine rings is 1. The Morgan fingerprint density at radius 3 is 2.33 bits per heavy atom. The minimum Gasteiger partial charge on any atom is -0.542 e. The Morgan fingerprint density at radius 2 is 1.67 bits per heavy atom. The number of alkyl halides is 3. The number of benzene rings is 4. The number of anilines is 2. The van der Waals surface area contributed by atoms with E-state index in [1.165, 1.54) is 12.1 Å². The number of amides is 2. The highest BCUT2D eigenvalue weighted by Crippen LogP contribution is 2.31. The van der Waals surface area contributed by atoms with Crippen molar-refractivity contribution in [2.75, 3.05) is 44.4 Å². The number of aromatic amines is 1. The third-order valence-electron chi connectivity index (χ3n) is 9.92. The number of phenols is 1. The molecule has 6 rings (SSSR count). The third-order valence-corrected chi connectivity index (χ3v) is 10.3. The number of aryl methyl sites for hydroxylation is 1. The van der Waals surface area contributed by atoms with Gasteiger partial charge in [0.2, 0.25) is 11.5 Å². The van der Waals surface area contributed by atoms with Crippen LogP contribution >= 0.6 is 11.6 Å². The molecular weight excluding hydrogens is 807 g/mol. The van der Waals surface area contributed by atoms with E-state index in [0.29, 0.717) is 40.3 Å². The van der Waals surface area contributed by atoms with Crippen molar-refractivity contribution in [1.29, 1.82) is 0 Å². The number of ether oxygens (including phenoxy) is 1. The molecule has 1 aliphatic rings. The predicted molar refractivity (Wildman–Crippen MR) is 219 cm³/mol. The second kappa shape index (κ2) is 19.9. The van der Waals surface area contributed by atoms with E-state index in [1.807, 2.05) is 54.6 Å². The van der Waals surface area contributed by atoms with Crippen molar-refractivity contribution in [3.8, 4) is 16.9 Å². The highest BCUT2D eigenvalue weighted by molar-refractivity contribution is 6.31. The van der Waals surface area contributed by atoms with Gasteiger partial charge in [-0.1, -0.05) is 60.1 Å². The Labute approximate surface area is 348 Å². The number of carboxylic acids is 1. The maximum Gasteiger partial charge on any atom is 0.430 e. The molecule has 13 nitrogen and oxygen atoms in total. The lowest BCUT2D eigenvalue weighted by atomic mass is 9.99. The van der Waals surface area contributed by atoms with Crippen molar-refractivity contribution < 1.29 is 52.1 Å². The Hall–Kier alpha value is -5.94. The monoisotopic (exact) mass is 851 g/mol. The molecular formula is C43H45ClF3N5O8. The van der Waals surface area contributed by atoms with Gasteiger partial charge in [0.15, 0.2) is 0 Å². The highest BCUT2D eigenvalue weighted by Gasteiger charge is 2.29. The molecule has 1 aromatic heterocycles. The summed E-state index contributed by atoms with van der Waals surface area (Å²) in [4.78, 5) is 49.0. The summed E-state index contributed by atoms with van der Waals surface area (Å²) in [6.45, 7) is 2.48. The Bertz CT molecular complexity index is 2370. The van der Waals surface area contributed by atoms with Gasteiger partial charge in [-0.3, -0.25) is 14.9 Å². The number of carboxylic acid groups (broad SMARTS) is 1. The van der Waals surface area contributed by atoms with Crippen LogP contribution in [0.4, 0.5) is 29.3 Å². The number of H-pyrrole nitrogens is 1. The van der Waals surface area contributed by atoms with Crippen LogP contribution in [0.2, 0.25) is 5.02 Å². The van der Waals surface area contributed by atoms with Crippen LogP contribution in [0.1, 0.15) is 42.1 Å². The number of quaternary nitrogens is 1. The zero-order valence-corrected chi connectivity index (χ0v) is 33.5. The first-order valence-electron chi connectivity index (χ1n) is 19.0. The second-order valence-electron chi connectivity index (χ2n) is 14.9. The van der Waals surface area contributed by atoms with E-state index in [0.717, 1.165) is 52.7 Å². The normalized spacial score (nSPS) is 14.4. The molecule has 2 amide bonds. The molecule has 318 valence electrons. The van der Waals surface area contributed by atoms with Gasteiger partial charge in [0, 0.05) is 60.1 Å². The number of carbonyl (C=O) groups excluding carboxylic acids is 3. The van der Waals surface area contributed by atoms with Gasteiger partial charge in [0.1, 0.15) is 17.8 Å². The number of hydrogen-bond donors (Lipinski definition) is 6. The van der Waals surface area contributed by atoms with Gasteiger partial charge >= 0.3 is 12.3 Å². The SMILES string of the molecule is C[N+]1(C)CCC(OC(=O)Nc2ccc(CCC(=O)Nc3ccc(CNC[C@H](O)c4ccc(O)c5[nH]c(=O)ccc45)c(Cl)c3)cc2-c2ccccc2)CC1.O=C([O-])C(F)(F)F. The molecule has 6 N–H and O–H groups in total. The van der Waals surface area contributed by atoms with Crippen molar-refractivity contribution in [1.82, 2.24) is 10.3 Å². The number of phenolic OH excluding ortho intramolecular Hbond substituents is 1. The van der Waals surface area contributed by atoms with E-state index in [9.17, 15) is 37.8 Å². The Balaban J connectivity index is 0.000000896. The number of nitrogens with one attached hydrogen (secondary N) is 4. The summed E-state index contributed by atoms with van der Waals surface area (Å²) in [6, 6.07) is 26.8. The standard InChI is InChI=1S/C41H44ClN5O6.C2HF3O2/c1-47(2)20-18-30(19-21-47)53-41(52)45-35-14-8-26(22-33(35)27-6-4-3-5-7-27)9-16-38(50)44-29-11-10-28(34(42)23-29)24-43-25-37(49)31-12-15-36(48)40-32(31)13-17-39(51)46-40;3-2(4,5)1(6)7/h3-8,10-15,17,22-23,30,37,43,49H,9,16,18-21,24-25H2,1-2H3,(H3-,44,45,46,48,50,51,52);(H,6,7)/t37-;/m0./s1. The van der Waals surface area contributed by atoms with Gasteiger partial charge in [-0.05, 0) is 65.1 Å². The number of aliphatic hydroxyl groups excluding tert-OH is 1. The zero-order valence-electron chi connectivity index (χ0n) is 32.8. The van der Waals surface area contributed by atoms with Crippen LogP contribution in [0, 0.1) is 0 Å². The maximum atomic E-state index is 13.0. The molecule has 1 atom stereocenters. The summed E-state index contributed by atoms with van der Waals surface area (Å²) >= 11 is 6.57. The van der Waals surface area contributed by atoms with Crippen LogP contribution in [0.3, 0.4) is 0 Å². The Morgan fingerprint density at radius 1 is 0.967 bits per heavy atom. The molecule has 1 saturated heterocycles. The van der Waals surface area contributed by atoms with E-state index in [4.69, 9.17) is 26.2 Å². The first-order chi connectivity index (χ1) is 28.4. The first-order valence-corrected chi connectivity index (χ1v) is 19.3. The van der Waals surface area contributed by atoms with Crippen LogP contribution in [0.25, 0.3) is 22.0 Å². The maximum absolute atomic E-state index is 13.0. The van der Waals surface area contributed by atoms with Crippen LogP contribution in [-0.2, 0) is 27.3 Å². The third kappa shape index (κ3) is 12.8. The molecule has 0 radical (unpaired) electrons. The summed E-state index contributed by atoms with van der Waals surface area (Å²) in [5.74, 6) is -3.25. The first kappa shape index (κ1) is 45.1. The molecule has 5 aromatic rings. The number of fused-ring (bicyclic) bond motifs is 1. The van der Waals surface area contributed by atoms with Crippen LogP contribution in [0.5, 0.6) is 5.75 Å². The molecule has 0 unspecified atom stereocenters. The molecule has 17 heteroatoms. The van der Waals surface area contributed by atoms with Crippen LogP contribution in [0.15, 0.2) is 95.8 Å². The number of rotatable bonds is 12. The van der Waals surface area contributed by atoms with E-state index in [2.05, 4.69) is 35.0 Å². The van der Waals surface area contributed by atoms with Gasteiger partial charge in [0.25, 0.3) is 0 Å². The fraction of sp³-hybridized carbons (Fsp3) is 0.302. The topological polar surface area (TPSA) is 193 Å². The number of carbonyl (C=O) groups is 3. The van der Waals surface area contributed by atoms with Gasteiger partial charge in [-0.15, -0.1) is 0 Å². The number of aliphatic hydroxyl groups is 1. The van der Waals surface area contributed by atoms with Gasteiger partial charge < -0.3 is 45.0 Å². The van der Waals surface area contributed by atoms with E-state index >= 15 is 0 Å². The van der Waals surface area contributed by atoms with Gasteiger partial charge in [0.05, 0.1) is 44.5 Å². The molecule has 0 bridgehead atoms. The summed E-state index contributed by atoms with van der Waals surface area (Å²) in [7, 11) is 4.37. The quantitative estimate of drug-likeness (QED) is 0.0813. The minimum absolute atomic E-state index is 0.0712. The summed E-state index contributed by atoms with van der Waals surface area (Å²) in [5.41, 5.74) is 5.21. The molecule has 1 aliphatic heterocycles. The lowest BCUT2D eigenvalue weighted by Gasteiger charge is -2.36. The number of aromatic hydroxyl groups is 1. The van der Waals surface area contributed by atoms with Crippen molar-refractivity contribution in [2.45, 2.75) is 50.6 Å². The lowest BCUT2D eigenvalue weighted by Crippen LogP contribution is -2.48. The molecule has 1 fully saturated rings. The average molecular weight is 852 g/mol. The fourth-order valence-electron chi connectivity index (χ4n) is 6.62. The molecule has 0 aliphatic carbocycles. The number of halogens is 4. The summed E-state index contributed by atoms with van der Waals surface area (Å²) in [5, 5.41) is 39.8. The molecule has 4 aromatic carbocycles. The van der Waals surface area contributed by atoms with Crippen molar-refractivity contribution >= 4 is 51.8 Å². The largest absolute Gasteiger partial charge is 0.542 e. The van der Waals surface area contributed by atoms with Crippen molar-refractivity contribution in [3.63, 3.8) is 0 Å².